The fraction of sp³-hybridized carbons (Fsp3) is 0.389. The van der Waals surface area contributed by atoms with Crippen LogP contribution in [0.15, 0.2) is 52.0 Å². The van der Waals surface area contributed by atoms with Crippen LogP contribution in [0, 0.1) is 0 Å². The van der Waals surface area contributed by atoms with Gasteiger partial charge in [0.25, 0.3) is 0 Å². The van der Waals surface area contributed by atoms with Gasteiger partial charge in [0.05, 0.1) is 17.2 Å². The quantitative estimate of drug-likeness (QED) is 0.729. The monoisotopic (exact) mass is 409 g/mol. The zero-order valence-electron chi connectivity index (χ0n) is 15.1. The number of benzene rings is 1. The van der Waals surface area contributed by atoms with Crippen LogP contribution < -0.4 is 10.0 Å². The van der Waals surface area contributed by atoms with Crippen LogP contribution in [0.2, 0.25) is 0 Å². The Bertz CT molecular complexity index is 845. The van der Waals surface area contributed by atoms with Crippen molar-refractivity contribution in [3.05, 3.63) is 48.4 Å². The van der Waals surface area contributed by atoms with Gasteiger partial charge in [0.1, 0.15) is 5.76 Å². The molecule has 2 aromatic rings. The third kappa shape index (κ3) is 5.35. The van der Waals surface area contributed by atoms with Crippen molar-refractivity contribution in [1.82, 2.24) is 9.62 Å². The molecule has 27 heavy (non-hydrogen) atoms. The molecule has 7 nitrogen and oxygen atoms in total. The van der Waals surface area contributed by atoms with Crippen molar-refractivity contribution in [3.8, 4) is 0 Å². The molecule has 0 unspecified atom stereocenters. The first kappa shape index (κ1) is 19.9. The van der Waals surface area contributed by atoms with E-state index >= 15 is 0 Å². The second-order valence-corrected chi connectivity index (χ2v) is 9.23. The maximum absolute atomic E-state index is 12.7. The summed E-state index contributed by atoms with van der Waals surface area (Å²) in [6.45, 7) is 3.42. The van der Waals surface area contributed by atoms with Crippen molar-refractivity contribution in [2.24, 2.45) is 0 Å². The van der Waals surface area contributed by atoms with Crippen LogP contribution in [0.25, 0.3) is 0 Å². The van der Waals surface area contributed by atoms with Crippen LogP contribution in [-0.2, 0) is 14.8 Å². The fourth-order valence-corrected chi connectivity index (χ4v) is 4.94. The molecule has 0 saturated carbocycles. The summed E-state index contributed by atoms with van der Waals surface area (Å²) in [4.78, 5) is 13.5. The lowest BCUT2D eigenvalue weighted by atomic mass is 10.2. The molecule has 0 radical (unpaired) electrons. The lowest BCUT2D eigenvalue weighted by Gasteiger charge is -2.33. The predicted octanol–water partition coefficient (Wildman–Crippen LogP) is 2.31. The Kier molecular flexibility index (Phi) is 6.59. The van der Waals surface area contributed by atoms with Gasteiger partial charge < -0.3 is 9.73 Å². The number of anilines is 1. The van der Waals surface area contributed by atoms with E-state index in [2.05, 4.69) is 14.9 Å². The molecule has 1 atom stereocenters. The summed E-state index contributed by atoms with van der Waals surface area (Å²) in [6.07, 6.45) is 1.61. The van der Waals surface area contributed by atoms with Crippen molar-refractivity contribution in [1.29, 1.82) is 0 Å². The lowest BCUT2D eigenvalue weighted by Crippen LogP contribution is -2.41. The van der Waals surface area contributed by atoms with Crippen LogP contribution in [-0.4, -0.2) is 50.4 Å². The van der Waals surface area contributed by atoms with E-state index < -0.39 is 10.0 Å². The van der Waals surface area contributed by atoms with E-state index in [0.29, 0.717) is 5.69 Å². The molecule has 1 aromatic heterocycles. The van der Waals surface area contributed by atoms with Gasteiger partial charge in [0.15, 0.2) is 0 Å². The van der Waals surface area contributed by atoms with Crippen LogP contribution in [0.5, 0.6) is 0 Å². The number of nitrogens with one attached hydrogen (secondary N) is 2. The summed E-state index contributed by atoms with van der Waals surface area (Å²) in [5, 5.41) is 2.62. The topological polar surface area (TPSA) is 91.6 Å². The van der Waals surface area contributed by atoms with E-state index in [9.17, 15) is 13.2 Å². The SMILES string of the molecule is CC(=O)Nc1ccc(S(=O)(=O)NC[C@H](c2ccco2)N2CCSCC2)cc1. The lowest BCUT2D eigenvalue weighted by molar-refractivity contribution is -0.114. The van der Waals surface area contributed by atoms with Crippen LogP contribution in [0.1, 0.15) is 18.7 Å². The number of thioether (sulfide) groups is 1. The Morgan fingerprint density at radius 2 is 1.93 bits per heavy atom. The number of hydrogen-bond donors (Lipinski definition) is 2. The van der Waals surface area contributed by atoms with Crippen LogP contribution >= 0.6 is 11.8 Å². The normalized spacial score (nSPS) is 16.8. The Morgan fingerprint density at radius 3 is 2.52 bits per heavy atom. The number of amides is 1. The average Bonchev–Trinajstić information content (AvgIpc) is 3.17. The largest absolute Gasteiger partial charge is 0.468 e. The molecule has 1 saturated heterocycles. The fourth-order valence-electron chi connectivity index (χ4n) is 2.97. The number of rotatable bonds is 7. The van der Waals surface area contributed by atoms with Gasteiger partial charge in [0.2, 0.25) is 15.9 Å². The minimum Gasteiger partial charge on any atom is -0.468 e. The van der Waals surface area contributed by atoms with E-state index in [1.807, 2.05) is 23.9 Å². The van der Waals surface area contributed by atoms with Gasteiger partial charge in [-0.25, -0.2) is 13.1 Å². The maximum atomic E-state index is 12.7. The highest BCUT2D eigenvalue weighted by Gasteiger charge is 2.26. The van der Waals surface area contributed by atoms with Gasteiger partial charge in [-0.1, -0.05) is 0 Å². The van der Waals surface area contributed by atoms with Gasteiger partial charge >= 0.3 is 0 Å². The van der Waals surface area contributed by atoms with E-state index in [1.54, 1.807) is 18.4 Å². The van der Waals surface area contributed by atoms with Crippen LogP contribution in [0.4, 0.5) is 5.69 Å². The van der Waals surface area contributed by atoms with Crippen molar-refractivity contribution < 1.29 is 17.6 Å². The third-order valence-electron chi connectivity index (χ3n) is 4.31. The van der Waals surface area contributed by atoms with Gasteiger partial charge in [-0.3, -0.25) is 9.69 Å². The van der Waals surface area contributed by atoms with Gasteiger partial charge in [-0.2, -0.15) is 11.8 Å². The van der Waals surface area contributed by atoms with E-state index in [4.69, 9.17) is 4.42 Å². The van der Waals surface area contributed by atoms with E-state index in [0.717, 1.165) is 30.4 Å². The summed E-state index contributed by atoms with van der Waals surface area (Å²) < 4.78 is 33.6. The predicted molar refractivity (Wildman–Crippen MR) is 106 cm³/mol. The number of carbonyl (C=O) groups is 1. The first-order valence-electron chi connectivity index (χ1n) is 8.68. The molecular formula is C18H23N3O4S2. The standard InChI is InChI=1S/C18H23N3O4S2/c1-14(22)20-15-4-6-16(7-5-15)27(23,24)19-13-17(18-3-2-10-25-18)21-8-11-26-12-9-21/h2-7,10,17,19H,8-9,11-13H2,1H3,(H,20,22)/t17-/m1/s1. The number of hydrogen-bond acceptors (Lipinski definition) is 6. The first-order valence-corrected chi connectivity index (χ1v) is 11.3. The molecule has 0 spiro atoms. The van der Waals surface area contributed by atoms with Crippen molar-refractivity contribution in [2.75, 3.05) is 36.5 Å². The molecule has 1 amide bonds. The number of sulfonamides is 1. The molecule has 0 aliphatic carbocycles. The molecule has 2 heterocycles. The molecule has 0 bridgehead atoms. The van der Waals surface area contributed by atoms with E-state index in [-0.39, 0.29) is 23.4 Å². The third-order valence-corrected chi connectivity index (χ3v) is 6.69. The van der Waals surface area contributed by atoms with Gasteiger partial charge in [0, 0.05) is 43.8 Å². The van der Waals surface area contributed by atoms with Gasteiger partial charge in [-0.05, 0) is 36.4 Å². The number of carbonyl (C=O) groups excluding carboxylic acids is 1. The van der Waals surface area contributed by atoms with Crippen LogP contribution in [0.3, 0.4) is 0 Å². The highest BCUT2D eigenvalue weighted by molar-refractivity contribution is 7.99. The molecule has 1 aliphatic heterocycles. The van der Waals surface area contributed by atoms with E-state index in [1.165, 1.54) is 19.1 Å². The minimum atomic E-state index is -3.67. The summed E-state index contributed by atoms with van der Waals surface area (Å²) in [7, 11) is -3.67. The van der Waals surface area contributed by atoms with Crippen molar-refractivity contribution in [2.45, 2.75) is 17.9 Å². The molecule has 1 aliphatic rings. The molecule has 9 heteroatoms. The molecule has 1 aromatic carbocycles. The maximum Gasteiger partial charge on any atom is 0.240 e. The van der Waals surface area contributed by atoms with Crippen molar-refractivity contribution >= 4 is 33.4 Å². The first-order chi connectivity index (χ1) is 13.0. The summed E-state index contributed by atoms with van der Waals surface area (Å²) in [5.41, 5.74) is 0.556. The van der Waals surface area contributed by atoms with Gasteiger partial charge in [-0.15, -0.1) is 0 Å². The number of furan rings is 1. The Balaban J connectivity index is 1.70. The Hall–Kier alpha value is -1.81. The highest BCUT2D eigenvalue weighted by Crippen LogP contribution is 2.25. The molecule has 2 N–H and O–H groups in total. The molecule has 1 fully saturated rings. The molecule has 146 valence electrons. The summed E-state index contributed by atoms with van der Waals surface area (Å²) in [5.74, 6) is 2.60. The molecule has 3 rings (SSSR count). The summed E-state index contributed by atoms with van der Waals surface area (Å²) >= 11 is 1.90. The second-order valence-electron chi connectivity index (χ2n) is 6.24. The summed E-state index contributed by atoms with van der Waals surface area (Å²) in [6, 6.07) is 9.65. The smallest absolute Gasteiger partial charge is 0.240 e. The Labute approximate surface area is 163 Å². The molecular weight excluding hydrogens is 386 g/mol. The minimum absolute atomic E-state index is 0.144. The highest BCUT2D eigenvalue weighted by atomic mass is 32.2. The average molecular weight is 410 g/mol. The second kappa shape index (κ2) is 8.92. The zero-order valence-corrected chi connectivity index (χ0v) is 16.7. The zero-order chi connectivity index (χ0) is 19.3. The Morgan fingerprint density at radius 1 is 1.22 bits per heavy atom. The number of nitrogens with zero attached hydrogens (tertiary/aromatic N) is 1. The van der Waals surface area contributed by atoms with Crippen molar-refractivity contribution in [3.63, 3.8) is 0 Å².